The molecule has 0 aromatic heterocycles. The highest BCUT2D eigenvalue weighted by atomic mass is 16.5. The van der Waals surface area contributed by atoms with Gasteiger partial charge in [0.15, 0.2) is 5.41 Å². The molecule has 3 fully saturated rings. The van der Waals surface area contributed by atoms with Gasteiger partial charge in [-0.15, -0.1) is 0 Å². The fourth-order valence-corrected chi connectivity index (χ4v) is 6.59. The number of anilines is 2. The minimum absolute atomic E-state index is 0.0621. The Morgan fingerprint density at radius 2 is 1.69 bits per heavy atom. The molecule has 6 rings (SSSR count). The van der Waals surface area contributed by atoms with Crippen molar-refractivity contribution < 1.29 is 33.5 Å². The smallest absolute Gasteiger partial charge is 0.336 e. The number of amides is 8. The van der Waals surface area contributed by atoms with Crippen molar-refractivity contribution in [2.75, 3.05) is 37.0 Å². The van der Waals surface area contributed by atoms with E-state index in [2.05, 4.69) is 5.32 Å². The number of rotatable bonds is 4. The average Bonchev–Trinajstić information content (AvgIpc) is 3.48. The van der Waals surface area contributed by atoms with Crippen LogP contribution in [0.2, 0.25) is 0 Å². The van der Waals surface area contributed by atoms with Crippen LogP contribution in [-0.2, 0) is 25.6 Å². The first kappa shape index (κ1) is 27.2. The van der Waals surface area contributed by atoms with Gasteiger partial charge in [-0.05, 0) is 67.7 Å². The van der Waals surface area contributed by atoms with Gasteiger partial charge in [0, 0.05) is 26.3 Å². The zero-order valence-corrected chi connectivity index (χ0v) is 23.4. The molecule has 1 atom stereocenters. The number of fused-ring (bicyclic) bond motifs is 4. The Hall–Kier alpha value is -5.00. The summed E-state index contributed by atoms with van der Waals surface area (Å²) in [4.78, 5) is 84.0. The summed E-state index contributed by atoms with van der Waals surface area (Å²) in [6.07, 6.45) is 2.85. The Kier molecular flexibility index (Phi) is 6.36. The second-order valence-corrected chi connectivity index (χ2v) is 10.8. The number of hydrogen-bond donors (Lipinski definition) is 1. The maximum Gasteiger partial charge on any atom is 0.336 e. The van der Waals surface area contributed by atoms with Crippen molar-refractivity contribution in [3.8, 4) is 5.75 Å². The first-order chi connectivity index (χ1) is 20.1. The summed E-state index contributed by atoms with van der Waals surface area (Å²) in [5.74, 6) is -2.42. The quantitative estimate of drug-likeness (QED) is 0.336. The van der Waals surface area contributed by atoms with E-state index in [-0.39, 0.29) is 17.7 Å². The number of para-hydroxylation sites is 2. The van der Waals surface area contributed by atoms with Gasteiger partial charge >= 0.3 is 12.1 Å². The first-order valence-corrected chi connectivity index (χ1v) is 13.7. The summed E-state index contributed by atoms with van der Waals surface area (Å²) in [5.41, 5.74) is 0.469. The third kappa shape index (κ3) is 3.81. The van der Waals surface area contributed by atoms with Gasteiger partial charge in [-0.2, -0.15) is 0 Å². The van der Waals surface area contributed by atoms with Crippen molar-refractivity contribution in [2.45, 2.75) is 32.2 Å². The van der Waals surface area contributed by atoms with Gasteiger partial charge in [0.25, 0.3) is 11.8 Å². The van der Waals surface area contributed by atoms with Crippen LogP contribution in [0, 0.1) is 5.41 Å². The largest absolute Gasteiger partial charge is 0.492 e. The van der Waals surface area contributed by atoms with E-state index in [4.69, 9.17) is 4.74 Å². The molecule has 4 heterocycles. The molecule has 0 unspecified atom stereocenters. The Bertz CT molecular complexity index is 1590. The molecule has 2 aromatic rings. The Labute approximate surface area is 241 Å². The van der Waals surface area contributed by atoms with Crippen LogP contribution in [0.4, 0.5) is 21.0 Å². The van der Waals surface area contributed by atoms with E-state index in [1.807, 2.05) is 11.0 Å². The van der Waals surface area contributed by atoms with Crippen molar-refractivity contribution >= 4 is 53.1 Å². The first-order valence-electron chi connectivity index (χ1n) is 13.7. The number of nitrogens with zero attached hydrogens (tertiary/aromatic N) is 4. The van der Waals surface area contributed by atoms with Crippen molar-refractivity contribution in [2.24, 2.45) is 5.41 Å². The lowest BCUT2D eigenvalue weighted by atomic mass is 9.68. The zero-order chi connectivity index (χ0) is 29.9. The molecular weight excluding hydrogens is 542 g/mol. The van der Waals surface area contributed by atoms with E-state index in [0.29, 0.717) is 36.4 Å². The third-order valence-electron chi connectivity index (χ3n) is 8.47. The summed E-state index contributed by atoms with van der Waals surface area (Å²) in [6, 6.07) is 9.92. The van der Waals surface area contributed by atoms with Crippen LogP contribution in [0.1, 0.15) is 30.9 Å². The number of ether oxygens (including phenoxy) is 1. The highest BCUT2D eigenvalue weighted by Gasteiger charge is 2.63. The minimum atomic E-state index is -1.48. The topological polar surface area (TPSA) is 137 Å². The molecule has 0 aliphatic carbocycles. The van der Waals surface area contributed by atoms with Crippen LogP contribution in [0.25, 0.3) is 6.08 Å². The van der Waals surface area contributed by atoms with E-state index in [0.717, 1.165) is 26.8 Å². The molecular formula is C30H29N5O7. The van der Waals surface area contributed by atoms with Crippen LogP contribution >= 0.6 is 0 Å². The number of carbonyl (C=O) groups is 6. The number of benzene rings is 2. The molecule has 42 heavy (non-hydrogen) atoms. The fraction of sp³-hybridized carbons (Fsp3) is 0.333. The highest BCUT2D eigenvalue weighted by molar-refractivity contribution is 6.39. The van der Waals surface area contributed by atoms with Gasteiger partial charge in [0.1, 0.15) is 11.3 Å². The monoisotopic (exact) mass is 571 g/mol. The van der Waals surface area contributed by atoms with Gasteiger partial charge in [-0.3, -0.25) is 34.3 Å². The average molecular weight is 572 g/mol. The molecule has 12 nitrogen and oxygen atoms in total. The molecule has 1 N–H and O–H groups in total. The lowest BCUT2D eigenvalue weighted by molar-refractivity contribution is -0.159. The maximum absolute atomic E-state index is 13.7. The van der Waals surface area contributed by atoms with Crippen LogP contribution in [-0.4, -0.2) is 78.8 Å². The van der Waals surface area contributed by atoms with Gasteiger partial charge in [0.05, 0.1) is 18.3 Å². The summed E-state index contributed by atoms with van der Waals surface area (Å²) < 4.78 is 5.59. The van der Waals surface area contributed by atoms with E-state index >= 15 is 0 Å². The van der Waals surface area contributed by atoms with Gasteiger partial charge < -0.3 is 9.64 Å². The van der Waals surface area contributed by atoms with Crippen molar-refractivity contribution in [3.63, 3.8) is 0 Å². The number of carbonyl (C=O) groups excluding carboxylic acids is 6. The highest BCUT2D eigenvalue weighted by Crippen LogP contribution is 2.49. The summed E-state index contributed by atoms with van der Waals surface area (Å²) in [6.45, 7) is 2.72. The van der Waals surface area contributed by atoms with Crippen molar-refractivity contribution in [1.82, 2.24) is 15.1 Å². The lowest BCUT2D eigenvalue weighted by Crippen LogP contribution is -2.70. The molecule has 1 spiro atoms. The number of urea groups is 2. The Balaban J connectivity index is 1.40. The maximum atomic E-state index is 13.7. The number of hydrogen-bond acceptors (Lipinski definition) is 8. The standard InChI is InChI=1S/C30H29N5O7/c1-4-42-22-9-6-5-8-21(22)35-25(37)19(24(36)31-28(35)40)15-17-11-12-20-18(14-17)16-30(23-10-7-13-34(20)23)26(38)32(2)29(41)33(3)27(30)39/h5-6,8-9,11-12,14-15,23H,4,7,10,13,16H2,1-3H3,(H,31,36,40)/b19-15+/t23-/m0/s1. The van der Waals surface area contributed by atoms with E-state index in [1.54, 1.807) is 43.3 Å². The molecule has 2 aromatic carbocycles. The lowest BCUT2D eigenvalue weighted by Gasteiger charge is -2.50. The van der Waals surface area contributed by atoms with E-state index in [1.165, 1.54) is 20.2 Å². The minimum Gasteiger partial charge on any atom is -0.492 e. The van der Waals surface area contributed by atoms with Gasteiger partial charge in [-0.1, -0.05) is 18.2 Å². The van der Waals surface area contributed by atoms with E-state index < -0.39 is 47.1 Å². The van der Waals surface area contributed by atoms with Gasteiger partial charge in [-0.25, -0.2) is 14.5 Å². The third-order valence-corrected chi connectivity index (χ3v) is 8.47. The van der Waals surface area contributed by atoms with E-state index in [9.17, 15) is 28.8 Å². The summed E-state index contributed by atoms with van der Waals surface area (Å²) in [5, 5.41) is 2.23. The molecule has 8 amide bonds. The second kappa shape index (κ2) is 9.82. The van der Waals surface area contributed by atoms with Crippen molar-refractivity contribution in [1.29, 1.82) is 0 Å². The number of barbiturate groups is 2. The molecule has 0 radical (unpaired) electrons. The van der Waals surface area contributed by atoms with Gasteiger partial charge in [0.2, 0.25) is 11.8 Å². The predicted molar refractivity (Wildman–Crippen MR) is 150 cm³/mol. The normalized spacial score (nSPS) is 22.6. The molecule has 216 valence electrons. The van der Waals surface area contributed by atoms with Crippen LogP contribution in [0.3, 0.4) is 0 Å². The molecule has 3 saturated heterocycles. The zero-order valence-electron chi connectivity index (χ0n) is 23.4. The van der Waals surface area contributed by atoms with Crippen molar-refractivity contribution in [3.05, 3.63) is 59.2 Å². The van der Waals surface area contributed by atoms with Crippen LogP contribution in [0.5, 0.6) is 5.75 Å². The predicted octanol–water partition coefficient (Wildman–Crippen LogP) is 2.31. The number of nitrogens with one attached hydrogen (secondary N) is 1. The molecule has 0 bridgehead atoms. The summed E-state index contributed by atoms with van der Waals surface area (Å²) in [7, 11) is 2.77. The fourth-order valence-electron chi connectivity index (χ4n) is 6.59. The molecule has 4 aliphatic rings. The summed E-state index contributed by atoms with van der Waals surface area (Å²) >= 11 is 0. The van der Waals surface area contributed by atoms with Crippen LogP contribution in [0.15, 0.2) is 48.0 Å². The number of imide groups is 4. The van der Waals surface area contributed by atoms with Crippen LogP contribution < -0.4 is 19.9 Å². The second-order valence-electron chi connectivity index (χ2n) is 10.8. The Morgan fingerprint density at radius 3 is 2.40 bits per heavy atom. The Morgan fingerprint density at radius 1 is 0.976 bits per heavy atom. The molecule has 12 heteroatoms. The molecule has 4 aliphatic heterocycles. The molecule has 0 saturated carbocycles. The SMILES string of the molecule is CCOc1ccccc1N1C(=O)NC(=O)/C(=C\c2ccc3c(c2)CC2(C(=O)N(C)C(=O)N(C)C2=O)[C@@H]2CCCN32)C1=O.